The van der Waals surface area contributed by atoms with Crippen LogP contribution in [0.5, 0.6) is 5.75 Å². The summed E-state index contributed by atoms with van der Waals surface area (Å²) in [6.45, 7) is 1.30. The summed E-state index contributed by atoms with van der Waals surface area (Å²) in [7, 11) is 0. The van der Waals surface area contributed by atoms with Crippen molar-refractivity contribution in [1.29, 1.82) is 0 Å². The molecule has 0 saturated carbocycles. The Bertz CT molecular complexity index is 1950. The van der Waals surface area contributed by atoms with E-state index in [0.717, 1.165) is 15.9 Å². The molecule has 6 nitrogen and oxygen atoms in total. The monoisotopic (exact) mass is 868 g/mol. The number of fused-ring (bicyclic) bond motifs is 1. The standard InChI is InChI=1S/C30H19ClF4I2N2O4S/c1-2-42-28(41)23-24(16-7-9-18(31)10-8-16)39-27(40)22(44-29(39)38-26(23)30(33,34)35)13-15-11-20(36)25(21(37)12-15)43-14-17-5-3-4-6-19(17)32/h3-13,24H,2,14H2,1H3/b22-13-/t24-/m1/s1. The van der Waals surface area contributed by atoms with E-state index in [1.165, 1.54) is 43.3 Å². The van der Waals surface area contributed by atoms with Crippen LogP contribution in [0.4, 0.5) is 17.6 Å². The molecule has 44 heavy (non-hydrogen) atoms. The lowest BCUT2D eigenvalue weighted by atomic mass is 9.95. The predicted octanol–water partition coefficient (Wildman–Crippen LogP) is 6.92. The highest BCUT2D eigenvalue weighted by Gasteiger charge is 2.45. The molecule has 0 unspecified atom stereocenters. The van der Waals surface area contributed by atoms with E-state index in [1.54, 1.807) is 30.3 Å². The van der Waals surface area contributed by atoms with Crippen LogP contribution in [0.25, 0.3) is 6.08 Å². The Morgan fingerprint density at radius 3 is 2.39 bits per heavy atom. The van der Waals surface area contributed by atoms with Gasteiger partial charge in [0.25, 0.3) is 5.56 Å². The van der Waals surface area contributed by atoms with Crippen molar-refractivity contribution in [3.63, 3.8) is 0 Å². The maximum absolute atomic E-state index is 14.3. The summed E-state index contributed by atoms with van der Waals surface area (Å²) in [5.41, 5.74) is -1.67. The molecule has 1 aromatic heterocycles. The van der Waals surface area contributed by atoms with Crippen molar-refractivity contribution in [2.24, 2.45) is 4.99 Å². The second-order valence-corrected chi connectivity index (χ2v) is 13.1. The molecule has 0 fully saturated rings. The third-order valence-corrected chi connectivity index (χ3v) is 9.27. The van der Waals surface area contributed by atoms with Crippen molar-refractivity contribution in [1.82, 2.24) is 4.57 Å². The van der Waals surface area contributed by atoms with Crippen molar-refractivity contribution in [2.75, 3.05) is 6.61 Å². The van der Waals surface area contributed by atoms with Crippen molar-refractivity contribution in [3.8, 4) is 5.75 Å². The zero-order chi connectivity index (χ0) is 31.8. The van der Waals surface area contributed by atoms with Crippen molar-refractivity contribution in [2.45, 2.75) is 25.7 Å². The van der Waals surface area contributed by atoms with Gasteiger partial charge in [0, 0.05) is 10.6 Å². The molecule has 4 aromatic rings. The molecule has 3 aromatic carbocycles. The molecule has 0 aliphatic carbocycles. The van der Waals surface area contributed by atoms with Gasteiger partial charge in [0.1, 0.15) is 18.2 Å². The minimum absolute atomic E-state index is 0.00561. The lowest BCUT2D eigenvalue weighted by Crippen LogP contribution is -2.41. The van der Waals surface area contributed by atoms with Gasteiger partial charge in [0.2, 0.25) is 0 Å². The molecule has 0 spiro atoms. The molecule has 2 heterocycles. The van der Waals surface area contributed by atoms with Gasteiger partial charge in [-0.3, -0.25) is 9.36 Å². The minimum atomic E-state index is -5.01. The molecule has 0 N–H and O–H groups in total. The highest BCUT2D eigenvalue weighted by molar-refractivity contribution is 14.1. The Morgan fingerprint density at radius 2 is 1.77 bits per heavy atom. The van der Waals surface area contributed by atoms with Crippen LogP contribution in [0.2, 0.25) is 5.02 Å². The maximum atomic E-state index is 14.3. The fourth-order valence-corrected chi connectivity index (χ4v) is 7.77. The second kappa shape index (κ2) is 13.3. The van der Waals surface area contributed by atoms with Crippen molar-refractivity contribution < 1.29 is 31.8 Å². The van der Waals surface area contributed by atoms with Gasteiger partial charge in [0.05, 0.1) is 29.9 Å². The van der Waals surface area contributed by atoms with Gasteiger partial charge >= 0.3 is 12.1 Å². The van der Waals surface area contributed by atoms with Crippen LogP contribution in [0.15, 0.2) is 81.7 Å². The van der Waals surface area contributed by atoms with Gasteiger partial charge in [-0.05, 0) is 99.6 Å². The van der Waals surface area contributed by atoms with Crippen LogP contribution in [-0.2, 0) is 16.1 Å². The molecule has 1 atom stereocenters. The summed E-state index contributed by atoms with van der Waals surface area (Å²) in [5, 5.41) is 0.324. The number of nitrogens with zero attached hydrogens (tertiary/aromatic N) is 2. The molecule has 5 rings (SSSR count). The van der Waals surface area contributed by atoms with Crippen LogP contribution in [0.1, 0.15) is 29.7 Å². The first kappa shape index (κ1) is 32.6. The number of allylic oxidation sites excluding steroid dienone is 1. The molecular formula is C30H19ClF4I2N2O4S. The van der Waals surface area contributed by atoms with Crippen LogP contribution in [0.3, 0.4) is 0 Å². The van der Waals surface area contributed by atoms with Gasteiger partial charge in [-0.2, -0.15) is 13.2 Å². The van der Waals surface area contributed by atoms with E-state index in [9.17, 15) is 27.2 Å². The Morgan fingerprint density at radius 1 is 1.11 bits per heavy atom. The molecule has 0 bridgehead atoms. The quantitative estimate of drug-likeness (QED) is 0.115. The number of hydrogen-bond acceptors (Lipinski definition) is 6. The molecule has 14 heteroatoms. The van der Waals surface area contributed by atoms with Gasteiger partial charge in [-0.1, -0.05) is 53.3 Å². The number of carbonyl (C=O) groups excluding carboxylic acids is 1. The van der Waals surface area contributed by atoms with E-state index in [-0.39, 0.29) is 33.9 Å². The minimum Gasteiger partial charge on any atom is -0.487 e. The number of rotatable bonds is 7. The van der Waals surface area contributed by atoms with Crippen molar-refractivity contribution in [3.05, 3.63) is 126 Å². The number of benzene rings is 3. The predicted molar refractivity (Wildman–Crippen MR) is 175 cm³/mol. The number of esters is 1. The average Bonchev–Trinajstić information content (AvgIpc) is 3.27. The molecular weight excluding hydrogens is 850 g/mol. The summed E-state index contributed by atoms with van der Waals surface area (Å²) in [4.78, 5) is 30.3. The highest BCUT2D eigenvalue weighted by Crippen LogP contribution is 2.38. The number of halogens is 7. The summed E-state index contributed by atoms with van der Waals surface area (Å²) in [5.74, 6) is -1.10. The zero-order valence-corrected chi connectivity index (χ0v) is 28.3. The van der Waals surface area contributed by atoms with E-state index in [2.05, 4.69) is 50.2 Å². The molecule has 228 valence electrons. The van der Waals surface area contributed by atoms with Gasteiger partial charge in [-0.15, -0.1) is 0 Å². The fourth-order valence-electron chi connectivity index (χ4n) is 4.52. The summed E-state index contributed by atoms with van der Waals surface area (Å²) in [6.07, 6.45) is -3.47. The SMILES string of the molecule is CCOC(=O)C1=C(C(F)(F)F)N=c2s/c(=C\c3cc(I)c(OCc4ccccc4F)c(I)c3)c(=O)n2[C@@H]1c1ccc(Cl)cc1. The summed E-state index contributed by atoms with van der Waals surface area (Å²) < 4.78 is 70.4. The number of hydrogen-bond donors (Lipinski definition) is 0. The number of ether oxygens (including phenoxy) is 2. The fraction of sp³-hybridized carbons (Fsp3) is 0.167. The topological polar surface area (TPSA) is 69.9 Å². The largest absolute Gasteiger partial charge is 0.487 e. The third kappa shape index (κ3) is 6.74. The van der Waals surface area contributed by atoms with Gasteiger partial charge < -0.3 is 9.47 Å². The second-order valence-electron chi connectivity index (χ2n) is 9.31. The van der Waals surface area contributed by atoms with Crippen LogP contribution >= 0.6 is 68.1 Å². The summed E-state index contributed by atoms with van der Waals surface area (Å²) >= 11 is 10.9. The third-order valence-electron chi connectivity index (χ3n) is 6.43. The van der Waals surface area contributed by atoms with Crippen molar-refractivity contribution >= 4 is 80.2 Å². The molecule has 0 saturated heterocycles. The van der Waals surface area contributed by atoms with Gasteiger partial charge in [-0.25, -0.2) is 14.2 Å². The Hall–Kier alpha value is -2.76. The van der Waals surface area contributed by atoms with Crippen LogP contribution in [0, 0.1) is 13.0 Å². The molecule has 0 amide bonds. The molecule has 1 aliphatic heterocycles. The van der Waals surface area contributed by atoms with E-state index >= 15 is 0 Å². The maximum Gasteiger partial charge on any atom is 0.434 e. The Labute approximate surface area is 284 Å². The molecule has 0 radical (unpaired) electrons. The van der Waals surface area contributed by atoms with E-state index < -0.39 is 35.0 Å². The van der Waals surface area contributed by atoms with Crippen LogP contribution < -0.4 is 19.6 Å². The number of aromatic nitrogens is 1. The number of alkyl halides is 3. The Kier molecular flexibility index (Phi) is 9.87. The molecule has 1 aliphatic rings. The highest BCUT2D eigenvalue weighted by atomic mass is 127. The zero-order valence-electron chi connectivity index (χ0n) is 22.4. The first-order valence-corrected chi connectivity index (χ1v) is 16.1. The van der Waals surface area contributed by atoms with E-state index in [1.807, 2.05) is 0 Å². The lowest BCUT2D eigenvalue weighted by molar-refractivity contribution is -0.140. The van der Waals surface area contributed by atoms with E-state index in [0.29, 0.717) is 29.0 Å². The lowest BCUT2D eigenvalue weighted by Gasteiger charge is -2.26. The van der Waals surface area contributed by atoms with E-state index in [4.69, 9.17) is 21.1 Å². The average molecular weight is 869 g/mol. The van der Waals surface area contributed by atoms with Crippen LogP contribution in [-0.4, -0.2) is 23.3 Å². The first-order chi connectivity index (χ1) is 20.9. The number of carbonyl (C=O) groups is 1. The smallest absolute Gasteiger partial charge is 0.434 e. The normalized spacial score (nSPS) is 15.2. The Balaban J connectivity index is 1.63. The number of thiazole rings is 1. The summed E-state index contributed by atoms with van der Waals surface area (Å²) in [6, 6.07) is 14.1. The first-order valence-electron chi connectivity index (χ1n) is 12.8. The van der Waals surface area contributed by atoms with Gasteiger partial charge in [0.15, 0.2) is 10.5 Å².